The average molecular weight is 642 g/mol. The van der Waals surface area contributed by atoms with Crippen LogP contribution in [0.25, 0.3) is 28.7 Å². The van der Waals surface area contributed by atoms with Gasteiger partial charge in [0.05, 0.1) is 33.6 Å². The van der Waals surface area contributed by atoms with Crippen molar-refractivity contribution in [2.24, 2.45) is 7.05 Å². The number of carbonyl (C=O) groups excluding carboxylic acids is 1. The molecule has 0 atom stereocenters. The molecule has 1 aliphatic heterocycles. The van der Waals surface area contributed by atoms with Crippen LogP contribution in [0.1, 0.15) is 24.6 Å². The predicted octanol–water partition coefficient (Wildman–Crippen LogP) is 7.19. The molecule has 0 unspecified atom stereocenters. The molecular weight excluding hydrogens is 614 g/mol. The summed E-state index contributed by atoms with van der Waals surface area (Å²) in [6.45, 7) is 4.40. The molecular formula is C33H28ClN5O3S2. The van der Waals surface area contributed by atoms with Crippen LogP contribution in [0.5, 0.6) is 5.75 Å². The molecule has 222 valence electrons. The number of benzene rings is 3. The number of ether oxygens (including phenoxy) is 1. The first-order chi connectivity index (χ1) is 21.3. The molecule has 2 aromatic heterocycles. The molecule has 1 fully saturated rings. The van der Waals surface area contributed by atoms with Crippen molar-refractivity contribution in [1.82, 2.24) is 19.1 Å². The van der Waals surface area contributed by atoms with E-state index in [4.69, 9.17) is 33.7 Å². The Hall–Kier alpha value is -4.38. The van der Waals surface area contributed by atoms with E-state index < -0.39 is 0 Å². The van der Waals surface area contributed by atoms with Gasteiger partial charge in [0.25, 0.3) is 11.5 Å². The maximum absolute atomic E-state index is 13.9. The Labute approximate surface area is 269 Å². The number of para-hydroxylation sites is 2. The van der Waals surface area contributed by atoms with Crippen molar-refractivity contribution in [1.29, 1.82) is 0 Å². The van der Waals surface area contributed by atoms with Crippen LogP contribution in [0.2, 0.25) is 5.02 Å². The monoisotopic (exact) mass is 641 g/mol. The zero-order chi connectivity index (χ0) is 31.0. The van der Waals surface area contributed by atoms with Crippen molar-refractivity contribution in [2.75, 3.05) is 11.5 Å². The number of rotatable bonds is 8. The van der Waals surface area contributed by atoms with Crippen LogP contribution in [0.3, 0.4) is 0 Å². The summed E-state index contributed by atoms with van der Waals surface area (Å²) < 4.78 is 11.1. The van der Waals surface area contributed by atoms with Gasteiger partial charge >= 0.3 is 0 Å². The fraction of sp³-hybridized carbons (Fsp3) is 0.152. The molecule has 1 saturated heterocycles. The van der Waals surface area contributed by atoms with Gasteiger partial charge in [-0.3, -0.25) is 19.2 Å². The number of hydrogen-bond donors (Lipinski definition) is 0. The molecule has 3 aromatic carbocycles. The largest absolute Gasteiger partial charge is 0.492 e. The Morgan fingerprint density at radius 3 is 2.34 bits per heavy atom. The number of hydrogen-bond acceptors (Lipinski definition) is 6. The van der Waals surface area contributed by atoms with Crippen LogP contribution < -0.4 is 15.2 Å². The highest BCUT2D eigenvalue weighted by molar-refractivity contribution is 8.27. The number of thioether (sulfide) groups is 1. The molecule has 0 saturated carbocycles. The quantitative estimate of drug-likeness (QED) is 0.132. The molecule has 1 amide bonds. The molecule has 0 aliphatic carbocycles. The molecule has 1 aliphatic rings. The highest BCUT2D eigenvalue weighted by Gasteiger charge is 2.38. The minimum absolute atomic E-state index is 0.233. The molecule has 5 aromatic rings. The summed E-state index contributed by atoms with van der Waals surface area (Å²) >= 11 is 13.4. The van der Waals surface area contributed by atoms with Crippen molar-refractivity contribution < 1.29 is 9.53 Å². The summed E-state index contributed by atoms with van der Waals surface area (Å²) in [5.41, 5.74) is 4.16. The Morgan fingerprint density at radius 2 is 1.68 bits per heavy atom. The van der Waals surface area contributed by atoms with Gasteiger partial charge in [0.1, 0.15) is 17.1 Å². The third-order valence-electron chi connectivity index (χ3n) is 7.26. The molecule has 0 spiro atoms. The van der Waals surface area contributed by atoms with Gasteiger partial charge in [0.2, 0.25) is 0 Å². The van der Waals surface area contributed by atoms with Crippen molar-refractivity contribution in [3.05, 3.63) is 117 Å². The van der Waals surface area contributed by atoms with E-state index in [0.717, 1.165) is 29.4 Å². The Kier molecular flexibility index (Phi) is 8.31. The topological polar surface area (TPSA) is 74.3 Å². The third kappa shape index (κ3) is 5.40. The average Bonchev–Trinajstić information content (AvgIpc) is 3.64. The van der Waals surface area contributed by atoms with Crippen LogP contribution in [-0.2, 0) is 11.8 Å². The van der Waals surface area contributed by atoms with E-state index in [-0.39, 0.29) is 21.5 Å². The first kappa shape index (κ1) is 29.7. The SMILES string of the molecule is CCCOc1ccc(-c2nn(-c3ccccc3)cc2C=C2SC(=S)N(c3c(C)n(C)n(-c4ccccc4)c3=O)C2=O)cc1Cl. The fourth-order valence-corrected chi connectivity index (χ4v) is 6.52. The zero-order valence-electron chi connectivity index (χ0n) is 24.2. The second-order valence-electron chi connectivity index (χ2n) is 10.1. The Morgan fingerprint density at radius 1 is 1.00 bits per heavy atom. The van der Waals surface area contributed by atoms with Crippen LogP contribution in [0.4, 0.5) is 5.69 Å². The van der Waals surface area contributed by atoms with Gasteiger partial charge in [-0.05, 0) is 61.9 Å². The number of halogens is 1. The second kappa shape index (κ2) is 12.3. The van der Waals surface area contributed by atoms with Gasteiger partial charge in [-0.25, -0.2) is 9.36 Å². The minimum atomic E-state index is -0.370. The summed E-state index contributed by atoms with van der Waals surface area (Å²) in [4.78, 5) is 29.4. The lowest BCUT2D eigenvalue weighted by Gasteiger charge is -2.12. The molecule has 6 rings (SSSR count). The second-order valence-corrected chi connectivity index (χ2v) is 12.2. The highest BCUT2D eigenvalue weighted by Crippen LogP contribution is 2.38. The van der Waals surface area contributed by atoms with E-state index >= 15 is 0 Å². The van der Waals surface area contributed by atoms with Crippen molar-refractivity contribution in [3.8, 4) is 28.4 Å². The Balaban J connectivity index is 1.42. The van der Waals surface area contributed by atoms with E-state index in [2.05, 4.69) is 0 Å². The predicted molar refractivity (Wildman–Crippen MR) is 181 cm³/mol. The zero-order valence-corrected chi connectivity index (χ0v) is 26.6. The van der Waals surface area contributed by atoms with Gasteiger partial charge in [0, 0.05) is 24.4 Å². The molecule has 44 heavy (non-hydrogen) atoms. The first-order valence-corrected chi connectivity index (χ1v) is 15.6. The van der Waals surface area contributed by atoms with Gasteiger partial charge in [-0.1, -0.05) is 78.9 Å². The molecule has 0 bridgehead atoms. The molecule has 0 N–H and O–H groups in total. The molecule has 8 nitrogen and oxygen atoms in total. The van der Waals surface area contributed by atoms with E-state index in [0.29, 0.717) is 44.9 Å². The first-order valence-electron chi connectivity index (χ1n) is 14.0. The molecule has 11 heteroatoms. The van der Waals surface area contributed by atoms with Gasteiger partial charge in [0.15, 0.2) is 4.32 Å². The van der Waals surface area contributed by atoms with Gasteiger partial charge < -0.3 is 4.74 Å². The number of aromatic nitrogens is 4. The Bertz CT molecular complexity index is 1980. The van der Waals surface area contributed by atoms with Crippen LogP contribution >= 0.6 is 35.6 Å². The van der Waals surface area contributed by atoms with E-state index in [1.54, 1.807) is 29.4 Å². The van der Waals surface area contributed by atoms with Crippen molar-refractivity contribution in [2.45, 2.75) is 20.3 Å². The number of nitrogens with zero attached hydrogens (tertiary/aromatic N) is 5. The maximum Gasteiger partial charge on any atom is 0.296 e. The fourth-order valence-electron chi connectivity index (χ4n) is 5.02. The standard InChI is InChI=1S/C33H28ClN5O3S2/c1-4-17-42-27-16-15-22(18-26(27)34)29-23(20-37(35-29)24-11-7-5-8-12-24)19-28-31(40)38(33(43)44-28)30-21(2)36(3)39(32(30)41)25-13-9-6-10-14-25/h5-16,18-20H,4,17H2,1-3H3. The van der Waals surface area contributed by atoms with E-state index in [1.807, 2.05) is 92.0 Å². The van der Waals surface area contributed by atoms with Crippen LogP contribution in [0.15, 0.2) is 94.8 Å². The summed E-state index contributed by atoms with van der Waals surface area (Å²) in [5.74, 6) is 0.229. The number of carbonyl (C=O) groups is 1. The summed E-state index contributed by atoms with van der Waals surface area (Å²) in [6.07, 6.45) is 4.50. The summed E-state index contributed by atoms with van der Waals surface area (Å²) in [6, 6.07) is 24.5. The number of thiocarbonyl (C=S) groups is 1. The molecule has 3 heterocycles. The highest BCUT2D eigenvalue weighted by atomic mass is 35.5. The maximum atomic E-state index is 13.9. The summed E-state index contributed by atoms with van der Waals surface area (Å²) in [7, 11) is 1.79. The third-order valence-corrected chi connectivity index (χ3v) is 8.86. The van der Waals surface area contributed by atoms with Crippen LogP contribution in [0, 0.1) is 6.92 Å². The van der Waals surface area contributed by atoms with Crippen molar-refractivity contribution in [3.63, 3.8) is 0 Å². The van der Waals surface area contributed by atoms with Gasteiger partial charge in [-0.2, -0.15) is 5.10 Å². The lowest BCUT2D eigenvalue weighted by Crippen LogP contribution is -2.33. The van der Waals surface area contributed by atoms with E-state index in [9.17, 15) is 9.59 Å². The summed E-state index contributed by atoms with van der Waals surface area (Å²) in [5, 5.41) is 5.34. The van der Waals surface area contributed by atoms with E-state index in [1.165, 1.54) is 9.58 Å². The van der Waals surface area contributed by atoms with Gasteiger partial charge in [-0.15, -0.1) is 0 Å². The molecule has 0 radical (unpaired) electrons. The normalized spacial score (nSPS) is 14.2. The minimum Gasteiger partial charge on any atom is -0.492 e. The van der Waals surface area contributed by atoms with Crippen LogP contribution in [-0.4, -0.2) is 36.0 Å². The lowest BCUT2D eigenvalue weighted by molar-refractivity contribution is -0.113. The lowest BCUT2D eigenvalue weighted by atomic mass is 10.1. The smallest absolute Gasteiger partial charge is 0.296 e. The number of amides is 1. The number of anilines is 1. The van der Waals surface area contributed by atoms with Crippen molar-refractivity contribution >= 4 is 57.6 Å².